The number of piperidine rings is 1. The molecule has 1 saturated heterocycles. The SMILES string of the molecule is CC1(CC(=O)NC=O)CCNCC1. The third-order valence-electron chi connectivity index (χ3n) is 2.62. The van der Waals surface area contributed by atoms with Gasteiger partial charge in [-0.2, -0.15) is 0 Å². The van der Waals surface area contributed by atoms with E-state index in [4.69, 9.17) is 0 Å². The zero-order valence-corrected chi connectivity index (χ0v) is 7.93. The lowest BCUT2D eigenvalue weighted by Crippen LogP contribution is -2.38. The van der Waals surface area contributed by atoms with E-state index in [1.165, 1.54) is 0 Å². The number of amides is 2. The maximum atomic E-state index is 11.2. The van der Waals surface area contributed by atoms with Crippen LogP contribution in [0.15, 0.2) is 0 Å². The van der Waals surface area contributed by atoms with Gasteiger partial charge in [-0.25, -0.2) is 0 Å². The van der Waals surface area contributed by atoms with E-state index in [0.717, 1.165) is 25.9 Å². The van der Waals surface area contributed by atoms with Crippen LogP contribution in [-0.4, -0.2) is 25.4 Å². The van der Waals surface area contributed by atoms with Crippen LogP contribution in [-0.2, 0) is 9.59 Å². The predicted molar refractivity (Wildman–Crippen MR) is 49.0 cm³/mol. The summed E-state index contributed by atoms with van der Waals surface area (Å²) in [6, 6.07) is 0. The molecule has 0 spiro atoms. The molecule has 2 N–H and O–H groups in total. The van der Waals surface area contributed by atoms with Gasteiger partial charge in [-0.05, 0) is 31.3 Å². The first-order valence-corrected chi connectivity index (χ1v) is 4.60. The van der Waals surface area contributed by atoms with Gasteiger partial charge in [0.15, 0.2) is 0 Å². The summed E-state index contributed by atoms with van der Waals surface area (Å²) in [4.78, 5) is 21.2. The van der Waals surface area contributed by atoms with Crippen molar-refractivity contribution in [3.05, 3.63) is 0 Å². The lowest BCUT2D eigenvalue weighted by atomic mass is 9.78. The molecule has 0 aliphatic carbocycles. The molecular formula is C9H16N2O2. The highest BCUT2D eigenvalue weighted by molar-refractivity contribution is 5.86. The minimum absolute atomic E-state index is 0.0678. The molecule has 0 bridgehead atoms. The van der Waals surface area contributed by atoms with Gasteiger partial charge in [-0.1, -0.05) is 6.92 Å². The van der Waals surface area contributed by atoms with Crippen molar-refractivity contribution < 1.29 is 9.59 Å². The molecule has 1 aliphatic rings. The molecule has 4 heteroatoms. The number of rotatable bonds is 3. The molecule has 1 heterocycles. The van der Waals surface area contributed by atoms with Gasteiger partial charge in [0.05, 0.1) is 0 Å². The molecule has 13 heavy (non-hydrogen) atoms. The first-order valence-electron chi connectivity index (χ1n) is 4.60. The van der Waals surface area contributed by atoms with Crippen molar-refractivity contribution in [3.63, 3.8) is 0 Å². The molecule has 0 radical (unpaired) electrons. The number of hydrogen-bond donors (Lipinski definition) is 2. The normalized spacial score (nSPS) is 20.7. The fraction of sp³-hybridized carbons (Fsp3) is 0.778. The van der Waals surface area contributed by atoms with Crippen LogP contribution in [0.5, 0.6) is 0 Å². The molecule has 2 amide bonds. The molecule has 0 saturated carbocycles. The number of carbonyl (C=O) groups is 2. The Bertz CT molecular complexity index is 198. The number of carbonyl (C=O) groups excluding carboxylic acids is 2. The average Bonchev–Trinajstić information content (AvgIpc) is 2.04. The largest absolute Gasteiger partial charge is 0.317 e. The van der Waals surface area contributed by atoms with Gasteiger partial charge < -0.3 is 5.32 Å². The summed E-state index contributed by atoms with van der Waals surface area (Å²) in [5, 5.41) is 5.42. The Morgan fingerprint density at radius 3 is 2.69 bits per heavy atom. The first-order chi connectivity index (χ1) is 6.16. The summed E-state index contributed by atoms with van der Waals surface area (Å²) in [7, 11) is 0. The molecule has 0 aromatic carbocycles. The van der Waals surface area contributed by atoms with Gasteiger partial charge in [-0.15, -0.1) is 0 Å². The Kier molecular flexibility index (Phi) is 3.42. The molecule has 0 aromatic rings. The highest BCUT2D eigenvalue weighted by Crippen LogP contribution is 2.31. The summed E-state index contributed by atoms with van der Waals surface area (Å²) in [5.74, 6) is -0.167. The van der Waals surface area contributed by atoms with Gasteiger partial charge in [0, 0.05) is 6.42 Å². The van der Waals surface area contributed by atoms with E-state index < -0.39 is 0 Å². The predicted octanol–water partition coefficient (Wildman–Crippen LogP) is 0.0388. The van der Waals surface area contributed by atoms with E-state index >= 15 is 0 Å². The maximum absolute atomic E-state index is 11.2. The van der Waals surface area contributed by atoms with Crippen LogP contribution < -0.4 is 10.6 Å². The van der Waals surface area contributed by atoms with Crippen LogP contribution in [0.3, 0.4) is 0 Å². The summed E-state index contributed by atoms with van der Waals surface area (Å²) in [6.07, 6.45) is 2.90. The Hall–Kier alpha value is -0.900. The van der Waals surface area contributed by atoms with Crippen LogP contribution in [0.2, 0.25) is 0 Å². The zero-order valence-electron chi connectivity index (χ0n) is 7.93. The Balaban J connectivity index is 2.40. The summed E-state index contributed by atoms with van der Waals surface area (Å²) >= 11 is 0. The lowest BCUT2D eigenvalue weighted by Gasteiger charge is -2.33. The van der Waals surface area contributed by atoms with Crippen LogP contribution in [0.4, 0.5) is 0 Å². The molecule has 0 unspecified atom stereocenters. The Morgan fingerprint density at radius 2 is 2.15 bits per heavy atom. The monoisotopic (exact) mass is 184 g/mol. The van der Waals surface area contributed by atoms with Crippen LogP contribution in [0, 0.1) is 5.41 Å². The molecular weight excluding hydrogens is 168 g/mol. The van der Waals surface area contributed by atoms with Crippen molar-refractivity contribution in [3.8, 4) is 0 Å². The van der Waals surface area contributed by atoms with Crippen molar-refractivity contribution in [1.82, 2.24) is 10.6 Å². The standard InChI is InChI=1S/C9H16N2O2/c1-9(2-4-10-5-3-9)6-8(13)11-7-12/h7,10H,2-6H2,1H3,(H,11,12,13). The van der Waals surface area contributed by atoms with Crippen molar-refractivity contribution in [2.75, 3.05) is 13.1 Å². The summed E-state index contributed by atoms with van der Waals surface area (Å²) in [5.41, 5.74) is 0.0678. The Labute approximate surface area is 78.1 Å². The van der Waals surface area contributed by atoms with E-state index in [-0.39, 0.29) is 11.3 Å². The van der Waals surface area contributed by atoms with E-state index in [1.807, 2.05) is 0 Å². The Morgan fingerprint density at radius 1 is 1.54 bits per heavy atom. The van der Waals surface area contributed by atoms with E-state index in [9.17, 15) is 9.59 Å². The van der Waals surface area contributed by atoms with Gasteiger partial charge >= 0.3 is 0 Å². The fourth-order valence-corrected chi connectivity index (χ4v) is 1.71. The summed E-state index contributed by atoms with van der Waals surface area (Å²) < 4.78 is 0. The van der Waals surface area contributed by atoms with E-state index in [2.05, 4.69) is 17.6 Å². The van der Waals surface area contributed by atoms with Crippen LogP contribution in [0.1, 0.15) is 26.2 Å². The number of hydrogen-bond acceptors (Lipinski definition) is 3. The topological polar surface area (TPSA) is 58.2 Å². The molecule has 1 rings (SSSR count). The quantitative estimate of drug-likeness (QED) is 0.609. The minimum Gasteiger partial charge on any atom is -0.317 e. The van der Waals surface area contributed by atoms with Crippen molar-refractivity contribution in [1.29, 1.82) is 0 Å². The molecule has 4 nitrogen and oxygen atoms in total. The van der Waals surface area contributed by atoms with Crippen molar-refractivity contribution >= 4 is 12.3 Å². The average molecular weight is 184 g/mol. The number of nitrogens with one attached hydrogen (secondary N) is 2. The molecule has 1 aliphatic heterocycles. The highest BCUT2D eigenvalue weighted by Gasteiger charge is 2.28. The molecule has 74 valence electrons. The van der Waals surface area contributed by atoms with Gasteiger partial charge in [0.1, 0.15) is 0 Å². The van der Waals surface area contributed by atoms with Crippen LogP contribution >= 0.6 is 0 Å². The highest BCUT2D eigenvalue weighted by atomic mass is 16.2. The number of imide groups is 1. The second kappa shape index (κ2) is 4.37. The third kappa shape index (κ3) is 3.14. The molecule has 0 aromatic heterocycles. The van der Waals surface area contributed by atoms with Crippen LogP contribution in [0.25, 0.3) is 0 Å². The van der Waals surface area contributed by atoms with Crippen molar-refractivity contribution in [2.24, 2.45) is 5.41 Å². The van der Waals surface area contributed by atoms with Gasteiger partial charge in [0.2, 0.25) is 12.3 Å². The summed E-state index contributed by atoms with van der Waals surface area (Å²) in [6.45, 7) is 4.02. The van der Waals surface area contributed by atoms with Gasteiger partial charge in [-0.3, -0.25) is 14.9 Å². The maximum Gasteiger partial charge on any atom is 0.226 e. The van der Waals surface area contributed by atoms with E-state index in [1.54, 1.807) is 0 Å². The second-order valence-corrected chi connectivity index (χ2v) is 3.92. The lowest BCUT2D eigenvalue weighted by molar-refractivity contribution is -0.127. The first kappa shape index (κ1) is 10.2. The zero-order chi connectivity index (χ0) is 9.73. The minimum atomic E-state index is -0.167. The van der Waals surface area contributed by atoms with E-state index in [0.29, 0.717) is 12.8 Å². The molecule has 0 atom stereocenters. The second-order valence-electron chi connectivity index (χ2n) is 3.92. The third-order valence-corrected chi connectivity index (χ3v) is 2.62. The van der Waals surface area contributed by atoms with Crippen molar-refractivity contribution in [2.45, 2.75) is 26.2 Å². The smallest absolute Gasteiger partial charge is 0.226 e. The molecule has 1 fully saturated rings. The fourth-order valence-electron chi connectivity index (χ4n) is 1.71. The van der Waals surface area contributed by atoms with Gasteiger partial charge in [0.25, 0.3) is 0 Å².